The van der Waals surface area contributed by atoms with Gasteiger partial charge < -0.3 is 4.90 Å². The smallest absolute Gasteiger partial charge is 0.338 e. The highest BCUT2D eigenvalue weighted by molar-refractivity contribution is 5.31. The monoisotopic (exact) mass is 336 g/mol. The Morgan fingerprint density at radius 1 is 1.08 bits per heavy atom. The van der Waals surface area contributed by atoms with Crippen molar-refractivity contribution in [3.8, 4) is 0 Å². The molecule has 0 amide bonds. The number of aromatic nitrogens is 2. The number of halogens is 3. The van der Waals surface area contributed by atoms with E-state index in [-0.39, 0.29) is 0 Å². The Bertz CT molecular complexity index is 694. The summed E-state index contributed by atoms with van der Waals surface area (Å²) >= 11 is 0. The lowest BCUT2D eigenvalue weighted by Crippen LogP contribution is -2.46. The number of hydrogen-bond acceptors (Lipinski definition) is 4. The Balaban J connectivity index is 1.60. The van der Waals surface area contributed by atoms with Gasteiger partial charge in [-0.3, -0.25) is 4.90 Å². The van der Waals surface area contributed by atoms with Gasteiger partial charge in [-0.05, 0) is 24.6 Å². The molecule has 3 rings (SSSR count). The van der Waals surface area contributed by atoms with Crippen LogP contribution in [0.15, 0.2) is 36.5 Å². The fraction of sp³-hybridized carbons (Fsp3) is 0.412. The first-order chi connectivity index (χ1) is 11.4. The van der Waals surface area contributed by atoms with Crippen LogP contribution < -0.4 is 4.90 Å². The number of aryl methyl sites for hydroxylation is 1. The summed E-state index contributed by atoms with van der Waals surface area (Å²) in [6.45, 7) is 5.52. The highest BCUT2D eigenvalue weighted by atomic mass is 19.4. The third kappa shape index (κ3) is 4.03. The summed E-state index contributed by atoms with van der Waals surface area (Å²) in [4.78, 5) is 13.0. The molecule has 0 saturated carbocycles. The first-order valence-corrected chi connectivity index (χ1v) is 7.85. The molecule has 7 heteroatoms. The third-order valence-electron chi connectivity index (χ3n) is 4.10. The van der Waals surface area contributed by atoms with Crippen molar-refractivity contribution < 1.29 is 13.2 Å². The Hall–Kier alpha value is -2.15. The Kier molecular flexibility index (Phi) is 4.71. The van der Waals surface area contributed by atoms with Crippen LogP contribution in [0.4, 0.5) is 19.1 Å². The van der Waals surface area contributed by atoms with Gasteiger partial charge in [-0.25, -0.2) is 9.97 Å². The molecule has 0 atom stereocenters. The van der Waals surface area contributed by atoms with E-state index in [1.165, 1.54) is 12.1 Å². The van der Waals surface area contributed by atoms with E-state index in [9.17, 15) is 13.2 Å². The lowest BCUT2D eigenvalue weighted by molar-refractivity contribution is -0.137. The molecule has 24 heavy (non-hydrogen) atoms. The van der Waals surface area contributed by atoms with Crippen LogP contribution in [0.25, 0.3) is 0 Å². The molecular weight excluding hydrogens is 317 g/mol. The van der Waals surface area contributed by atoms with E-state index in [0.717, 1.165) is 37.9 Å². The Labute approximate surface area is 138 Å². The van der Waals surface area contributed by atoms with Crippen LogP contribution in [0, 0.1) is 6.92 Å². The van der Waals surface area contributed by atoms with E-state index in [0.29, 0.717) is 18.1 Å². The van der Waals surface area contributed by atoms with Gasteiger partial charge >= 0.3 is 6.18 Å². The molecule has 0 aliphatic carbocycles. The van der Waals surface area contributed by atoms with Crippen LogP contribution >= 0.6 is 0 Å². The number of hydrogen-bond donors (Lipinski definition) is 0. The minimum atomic E-state index is -4.29. The molecule has 128 valence electrons. The summed E-state index contributed by atoms with van der Waals surface area (Å²) in [5.74, 6) is 0.716. The number of nitrogens with zero attached hydrogens (tertiary/aromatic N) is 4. The van der Waals surface area contributed by atoms with Crippen molar-refractivity contribution >= 4 is 5.95 Å². The van der Waals surface area contributed by atoms with Crippen LogP contribution in [-0.2, 0) is 12.7 Å². The fourth-order valence-electron chi connectivity index (χ4n) is 2.80. The van der Waals surface area contributed by atoms with Crippen LogP contribution in [0.5, 0.6) is 0 Å². The molecule has 0 spiro atoms. The topological polar surface area (TPSA) is 32.3 Å². The summed E-state index contributed by atoms with van der Waals surface area (Å²) in [5.41, 5.74) is 1.02. The van der Waals surface area contributed by atoms with Gasteiger partial charge in [0.1, 0.15) is 0 Å². The predicted octanol–water partition coefficient (Wildman–Crippen LogP) is 3.13. The summed E-state index contributed by atoms with van der Waals surface area (Å²) in [6.07, 6.45) is -2.55. The molecule has 1 fully saturated rings. The average Bonchev–Trinajstić information content (AvgIpc) is 2.55. The normalized spacial score (nSPS) is 16.4. The second kappa shape index (κ2) is 6.76. The second-order valence-electron chi connectivity index (χ2n) is 5.96. The van der Waals surface area contributed by atoms with Crippen molar-refractivity contribution in [3.63, 3.8) is 0 Å². The van der Waals surface area contributed by atoms with E-state index in [2.05, 4.69) is 19.8 Å². The van der Waals surface area contributed by atoms with Crippen molar-refractivity contribution in [2.24, 2.45) is 0 Å². The van der Waals surface area contributed by atoms with Crippen molar-refractivity contribution in [1.82, 2.24) is 14.9 Å². The van der Waals surface area contributed by atoms with Crippen LogP contribution in [0.1, 0.15) is 16.8 Å². The van der Waals surface area contributed by atoms with Crippen LogP contribution in [-0.4, -0.2) is 41.0 Å². The van der Waals surface area contributed by atoms with Crippen LogP contribution in [0.2, 0.25) is 0 Å². The molecule has 2 aromatic rings. The molecule has 1 aliphatic heterocycles. The quantitative estimate of drug-likeness (QED) is 0.862. The predicted molar refractivity (Wildman–Crippen MR) is 85.7 cm³/mol. The Morgan fingerprint density at radius 3 is 2.50 bits per heavy atom. The second-order valence-corrected chi connectivity index (χ2v) is 5.96. The minimum Gasteiger partial charge on any atom is -0.338 e. The molecule has 1 aliphatic rings. The average molecular weight is 336 g/mol. The van der Waals surface area contributed by atoms with E-state index < -0.39 is 11.7 Å². The molecule has 1 saturated heterocycles. The molecule has 0 N–H and O–H groups in total. The fourth-order valence-corrected chi connectivity index (χ4v) is 2.80. The molecule has 4 nitrogen and oxygen atoms in total. The maximum Gasteiger partial charge on any atom is 0.416 e. The SMILES string of the molecule is Cc1ccnc(N2CCN(Cc3cccc(C(F)(F)F)c3)CC2)n1. The highest BCUT2D eigenvalue weighted by Gasteiger charge is 2.30. The van der Waals surface area contributed by atoms with Gasteiger partial charge in [0.2, 0.25) is 5.95 Å². The molecular formula is C17H19F3N4. The summed E-state index contributed by atoms with van der Waals surface area (Å²) < 4.78 is 38.4. The maximum absolute atomic E-state index is 12.8. The number of rotatable bonds is 3. The van der Waals surface area contributed by atoms with E-state index in [1.807, 2.05) is 13.0 Å². The van der Waals surface area contributed by atoms with Crippen molar-refractivity contribution in [3.05, 3.63) is 53.3 Å². The molecule has 0 bridgehead atoms. The lowest BCUT2D eigenvalue weighted by Gasteiger charge is -2.34. The lowest BCUT2D eigenvalue weighted by atomic mass is 10.1. The van der Waals surface area contributed by atoms with Crippen molar-refractivity contribution in [2.75, 3.05) is 31.1 Å². The van der Waals surface area contributed by atoms with Crippen molar-refractivity contribution in [1.29, 1.82) is 0 Å². The van der Waals surface area contributed by atoms with E-state index in [1.54, 1.807) is 12.3 Å². The van der Waals surface area contributed by atoms with Gasteiger partial charge in [0, 0.05) is 44.6 Å². The molecule has 1 aromatic carbocycles. The largest absolute Gasteiger partial charge is 0.416 e. The standard InChI is InChI=1S/C17H19F3N4/c1-13-5-6-21-16(22-13)24-9-7-23(8-10-24)12-14-3-2-4-15(11-14)17(18,19)20/h2-6,11H,7-10,12H2,1H3. The number of piperazine rings is 1. The molecule has 0 unspecified atom stereocenters. The number of anilines is 1. The molecule has 1 aromatic heterocycles. The first-order valence-electron chi connectivity index (χ1n) is 7.85. The van der Waals surface area contributed by atoms with Gasteiger partial charge in [0.15, 0.2) is 0 Å². The Morgan fingerprint density at radius 2 is 1.83 bits per heavy atom. The molecule has 0 radical (unpaired) electrons. The zero-order valence-electron chi connectivity index (χ0n) is 13.4. The zero-order valence-corrected chi connectivity index (χ0v) is 13.4. The van der Waals surface area contributed by atoms with Gasteiger partial charge in [-0.1, -0.05) is 18.2 Å². The summed E-state index contributed by atoms with van der Waals surface area (Å²) in [5, 5.41) is 0. The summed E-state index contributed by atoms with van der Waals surface area (Å²) in [6, 6.07) is 7.40. The first kappa shape index (κ1) is 16.7. The van der Waals surface area contributed by atoms with E-state index in [4.69, 9.17) is 0 Å². The number of benzene rings is 1. The van der Waals surface area contributed by atoms with E-state index >= 15 is 0 Å². The van der Waals surface area contributed by atoms with Gasteiger partial charge in [0.05, 0.1) is 5.56 Å². The zero-order chi connectivity index (χ0) is 17.2. The number of alkyl halides is 3. The molecule has 2 heterocycles. The van der Waals surface area contributed by atoms with Crippen LogP contribution in [0.3, 0.4) is 0 Å². The van der Waals surface area contributed by atoms with Gasteiger partial charge in [0.25, 0.3) is 0 Å². The summed E-state index contributed by atoms with van der Waals surface area (Å²) in [7, 11) is 0. The van der Waals surface area contributed by atoms with Crippen molar-refractivity contribution in [2.45, 2.75) is 19.6 Å². The van der Waals surface area contributed by atoms with Gasteiger partial charge in [-0.15, -0.1) is 0 Å². The minimum absolute atomic E-state index is 0.520. The third-order valence-corrected chi connectivity index (χ3v) is 4.10. The maximum atomic E-state index is 12.8. The van der Waals surface area contributed by atoms with Gasteiger partial charge in [-0.2, -0.15) is 13.2 Å². The highest BCUT2D eigenvalue weighted by Crippen LogP contribution is 2.29.